The third-order valence-corrected chi connectivity index (χ3v) is 10.8. The molecule has 0 bridgehead atoms. The zero-order valence-electron chi connectivity index (χ0n) is 22.0. The van der Waals surface area contributed by atoms with Gasteiger partial charge in [-0.05, 0) is 104 Å². The number of benzene rings is 4. The molecule has 5 nitrogen and oxygen atoms in total. The Morgan fingerprint density at radius 3 is 2.13 bits per heavy atom. The first-order chi connectivity index (χ1) is 17.8. The first-order valence-corrected chi connectivity index (χ1v) is 15.7. The minimum Gasteiger partial charge on any atom is -0.338 e. The fraction of sp³-hybridized carbons (Fsp3) is 0.200. The zero-order chi connectivity index (χ0) is 27.8. The molecule has 0 heterocycles. The Balaban J connectivity index is 1.86. The Morgan fingerprint density at radius 2 is 1.50 bits per heavy atom. The van der Waals surface area contributed by atoms with Crippen molar-refractivity contribution in [2.45, 2.75) is 45.6 Å². The van der Waals surface area contributed by atoms with Crippen molar-refractivity contribution in [2.24, 2.45) is 0 Å². The van der Waals surface area contributed by atoms with Crippen LogP contribution in [0.2, 0.25) is 5.02 Å². The summed E-state index contributed by atoms with van der Waals surface area (Å²) in [4.78, 5) is 11.5. The quantitative estimate of drug-likeness (QED) is 0.250. The fourth-order valence-corrected chi connectivity index (χ4v) is 8.36. The minimum atomic E-state index is -3.90. The van der Waals surface area contributed by atoms with Crippen LogP contribution in [0.4, 0.5) is 0 Å². The molecule has 2 atom stereocenters. The van der Waals surface area contributed by atoms with Gasteiger partial charge in [0.2, 0.25) is 10.0 Å². The van der Waals surface area contributed by atoms with E-state index in [1.165, 1.54) is 0 Å². The summed E-state index contributed by atoms with van der Waals surface area (Å²) in [7, 11) is -7.71. The number of hydrogen-bond donors (Lipinski definition) is 2. The van der Waals surface area contributed by atoms with Crippen LogP contribution in [0.5, 0.6) is 0 Å². The van der Waals surface area contributed by atoms with E-state index < -0.39 is 23.4 Å². The van der Waals surface area contributed by atoms with Gasteiger partial charge in [0.15, 0.2) is 0 Å². The maximum absolute atomic E-state index is 13.8. The Morgan fingerprint density at radius 1 is 0.868 bits per heavy atom. The molecule has 4 rings (SSSR count). The molecule has 38 heavy (non-hydrogen) atoms. The highest BCUT2D eigenvalue weighted by molar-refractivity contribution is 7.89. The standard InChI is InChI=1S/C30H31ClNO4PS/c1-19-11-14-26(15-12-19)38(35,36)32-23(5)28-18-24(31)13-16-27(28)29-20(2)17-21(3)30(22(29)4)37(33,34)25-9-7-6-8-10-25/h6-18,23,32H,1-5H3,(H,33,34)/t23-/m0/s1. The van der Waals surface area contributed by atoms with Crippen LogP contribution >= 0.6 is 19.0 Å². The number of halogens is 1. The third kappa shape index (κ3) is 5.51. The summed E-state index contributed by atoms with van der Waals surface area (Å²) in [6.07, 6.45) is 0. The predicted octanol–water partition coefficient (Wildman–Crippen LogP) is 6.50. The first-order valence-electron chi connectivity index (χ1n) is 12.2. The number of hydrogen-bond acceptors (Lipinski definition) is 3. The van der Waals surface area contributed by atoms with Gasteiger partial charge in [-0.3, -0.25) is 4.57 Å². The molecule has 2 N–H and O–H groups in total. The van der Waals surface area contributed by atoms with Gasteiger partial charge in [0.25, 0.3) is 7.37 Å². The van der Waals surface area contributed by atoms with Gasteiger partial charge in [0, 0.05) is 21.7 Å². The van der Waals surface area contributed by atoms with Crippen molar-refractivity contribution in [2.75, 3.05) is 0 Å². The Bertz CT molecular complexity index is 1650. The molecule has 0 aromatic heterocycles. The topological polar surface area (TPSA) is 83.5 Å². The van der Waals surface area contributed by atoms with Gasteiger partial charge in [-0.25, -0.2) is 13.1 Å². The molecule has 0 aliphatic heterocycles. The van der Waals surface area contributed by atoms with Crippen LogP contribution in [-0.2, 0) is 14.6 Å². The summed E-state index contributed by atoms with van der Waals surface area (Å²) in [5.41, 5.74) is 5.47. The van der Waals surface area contributed by atoms with Crippen LogP contribution in [-0.4, -0.2) is 13.3 Å². The van der Waals surface area contributed by atoms with E-state index >= 15 is 0 Å². The molecule has 1 unspecified atom stereocenters. The molecule has 0 saturated heterocycles. The van der Waals surface area contributed by atoms with Crippen molar-refractivity contribution in [3.05, 3.63) is 112 Å². The molecule has 0 radical (unpaired) electrons. The van der Waals surface area contributed by atoms with E-state index in [0.717, 1.165) is 27.8 Å². The summed E-state index contributed by atoms with van der Waals surface area (Å²) < 4.78 is 42.9. The van der Waals surface area contributed by atoms with Crippen LogP contribution in [0.15, 0.2) is 83.8 Å². The van der Waals surface area contributed by atoms with Crippen LogP contribution in [0.3, 0.4) is 0 Å². The molecule has 0 spiro atoms. The van der Waals surface area contributed by atoms with E-state index in [2.05, 4.69) is 4.72 Å². The van der Waals surface area contributed by atoms with E-state index in [1.807, 2.05) is 45.9 Å². The Kier molecular flexibility index (Phi) is 8.04. The highest BCUT2D eigenvalue weighted by atomic mass is 35.5. The predicted molar refractivity (Wildman–Crippen MR) is 157 cm³/mol. The van der Waals surface area contributed by atoms with Crippen molar-refractivity contribution in [1.29, 1.82) is 0 Å². The summed E-state index contributed by atoms with van der Waals surface area (Å²) in [5, 5.41) is 1.21. The maximum Gasteiger partial charge on any atom is 0.259 e. The van der Waals surface area contributed by atoms with E-state index in [1.54, 1.807) is 67.6 Å². The zero-order valence-corrected chi connectivity index (χ0v) is 24.5. The average molecular weight is 568 g/mol. The largest absolute Gasteiger partial charge is 0.338 e. The lowest BCUT2D eigenvalue weighted by Gasteiger charge is -2.25. The molecular weight excluding hydrogens is 537 g/mol. The molecule has 0 aliphatic rings. The van der Waals surface area contributed by atoms with Gasteiger partial charge >= 0.3 is 0 Å². The molecule has 4 aromatic rings. The second kappa shape index (κ2) is 10.8. The minimum absolute atomic E-state index is 0.174. The van der Waals surface area contributed by atoms with Gasteiger partial charge in [-0.1, -0.05) is 59.6 Å². The Labute approximate surface area is 230 Å². The van der Waals surface area contributed by atoms with Crippen molar-refractivity contribution in [1.82, 2.24) is 4.72 Å². The van der Waals surface area contributed by atoms with Gasteiger partial charge in [0.05, 0.1) is 4.90 Å². The van der Waals surface area contributed by atoms with Gasteiger partial charge in [-0.2, -0.15) is 0 Å². The lowest BCUT2D eigenvalue weighted by atomic mass is 9.89. The number of aryl methyl sites for hydroxylation is 3. The number of sulfonamides is 1. The maximum atomic E-state index is 13.8. The third-order valence-electron chi connectivity index (χ3n) is 6.75. The smallest absolute Gasteiger partial charge is 0.259 e. The van der Waals surface area contributed by atoms with Crippen molar-refractivity contribution in [3.8, 4) is 11.1 Å². The first kappa shape index (κ1) is 28.3. The van der Waals surface area contributed by atoms with Crippen molar-refractivity contribution in [3.63, 3.8) is 0 Å². The number of nitrogens with one attached hydrogen (secondary N) is 1. The Hall–Kier alpha value is -2.73. The van der Waals surface area contributed by atoms with E-state index in [0.29, 0.717) is 26.8 Å². The van der Waals surface area contributed by atoms with Crippen LogP contribution in [0.1, 0.15) is 40.8 Å². The highest BCUT2D eigenvalue weighted by Crippen LogP contribution is 2.44. The van der Waals surface area contributed by atoms with E-state index in [-0.39, 0.29) is 4.90 Å². The monoisotopic (exact) mass is 567 g/mol. The van der Waals surface area contributed by atoms with Crippen LogP contribution in [0.25, 0.3) is 11.1 Å². The summed E-state index contributed by atoms with van der Waals surface area (Å²) >= 11 is 6.38. The summed E-state index contributed by atoms with van der Waals surface area (Å²) in [6.45, 7) is 9.29. The molecule has 0 aliphatic carbocycles. The molecule has 8 heteroatoms. The van der Waals surface area contributed by atoms with Crippen molar-refractivity contribution < 1.29 is 17.9 Å². The lowest BCUT2D eigenvalue weighted by molar-refractivity contribution is 0.500. The molecule has 0 amide bonds. The molecular formula is C30H31ClNO4PS. The van der Waals surface area contributed by atoms with E-state index in [9.17, 15) is 17.9 Å². The summed E-state index contributed by atoms with van der Waals surface area (Å²) in [6, 6.07) is 21.9. The second-order valence-electron chi connectivity index (χ2n) is 9.66. The molecule has 4 aromatic carbocycles. The molecule has 0 saturated carbocycles. The van der Waals surface area contributed by atoms with Crippen LogP contribution < -0.4 is 15.3 Å². The molecule has 0 fully saturated rings. The van der Waals surface area contributed by atoms with Gasteiger partial charge in [-0.15, -0.1) is 0 Å². The van der Waals surface area contributed by atoms with Gasteiger partial charge in [0.1, 0.15) is 0 Å². The summed E-state index contributed by atoms with van der Waals surface area (Å²) in [5.74, 6) is 0. The second-order valence-corrected chi connectivity index (χ2v) is 13.9. The van der Waals surface area contributed by atoms with Crippen molar-refractivity contribution >= 4 is 39.6 Å². The normalized spacial score (nSPS) is 14.2. The lowest BCUT2D eigenvalue weighted by Crippen LogP contribution is -2.27. The SMILES string of the molecule is Cc1ccc(S(=O)(=O)N[C@@H](C)c2cc(Cl)ccc2-c2c(C)cc(C)c(P(=O)(O)c3ccccc3)c2C)cc1. The van der Waals surface area contributed by atoms with Crippen LogP contribution in [0, 0.1) is 27.7 Å². The molecule has 198 valence electrons. The van der Waals surface area contributed by atoms with Gasteiger partial charge < -0.3 is 4.89 Å². The fourth-order valence-electron chi connectivity index (χ4n) is 5.02. The number of rotatable bonds is 7. The van der Waals surface area contributed by atoms with E-state index in [4.69, 9.17) is 11.6 Å². The highest BCUT2D eigenvalue weighted by Gasteiger charge is 2.31. The average Bonchev–Trinajstić information content (AvgIpc) is 2.85.